The van der Waals surface area contributed by atoms with Crippen molar-refractivity contribution >= 4 is 34.2 Å². The number of hydrogen-bond acceptors (Lipinski definition) is 5. The lowest BCUT2D eigenvalue weighted by molar-refractivity contribution is 0.0947. The monoisotopic (exact) mass is 341 g/mol. The van der Waals surface area contributed by atoms with Gasteiger partial charge >= 0.3 is 0 Å². The van der Waals surface area contributed by atoms with Crippen molar-refractivity contribution in [1.29, 1.82) is 0 Å². The molecule has 0 aromatic carbocycles. The van der Waals surface area contributed by atoms with Gasteiger partial charge in [-0.15, -0.1) is 22.7 Å². The standard InChI is InChI=1S/C18H15NO2S2/c20-15(17-6-3-9-22-17)11-13(14-5-1-2-8-19-14)12-16(21)18-7-4-10-23-18/h1-10,13H,11-12H2. The van der Waals surface area contributed by atoms with Crippen molar-refractivity contribution in [3.05, 3.63) is 74.9 Å². The van der Waals surface area contributed by atoms with Crippen LogP contribution >= 0.6 is 22.7 Å². The second-order valence-corrected chi connectivity index (χ2v) is 7.06. The van der Waals surface area contributed by atoms with Gasteiger partial charge in [0.1, 0.15) is 0 Å². The summed E-state index contributed by atoms with van der Waals surface area (Å²) in [5.74, 6) is -0.0651. The van der Waals surface area contributed by atoms with Crippen LogP contribution in [0.1, 0.15) is 43.8 Å². The Kier molecular flexibility index (Phi) is 5.10. The third-order valence-corrected chi connectivity index (χ3v) is 5.38. The minimum absolute atomic E-state index is 0.0645. The van der Waals surface area contributed by atoms with Crippen LogP contribution in [-0.4, -0.2) is 16.6 Å². The molecule has 0 aliphatic heterocycles. The largest absolute Gasteiger partial charge is 0.293 e. The van der Waals surface area contributed by atoms with Gasteiger partial charge in [0.2, 0.25) is 0 Å². The average Bonchev–Trinajstić information content (AvgIpc) is 3.28. The molecule has 0 unspecified atom stereocenters. The molecule has 3 rings (SSSR count). The van der Waals surface area contributed by atoms with E-state index in [-0.39, 0.29) is 17.5 Å². The molecule has 0 aliphatic rings. The third-order valence-electron chi connectivity index (χ3n) is 3.56. The van der Waals surface area contributed by atoms with Crippen LogP contribution < -0.4 is 0 Å². The predicted octanol–water partition coefficient (Wildman–Crippen LogP) is 4.83. The van der Waals surface area contributed by atoms with Gasteiger partial charge in [-0.3, -0.25) is 14.6 Å². The SMILES string of the molecule is O=C(CC(CC(=O)c1cccs1)c1ccccn1)c1cccs1. The molecular formula is C18H15NO2S2. The Morgan fingerprint density at radius 1 is 0.870 bits per heavy atom. The molecule has 5 heteroatoms. The van der Waals surface area contributed by atoms with Gasteiger partial charge in [-0.25, -0.2) is 0 Å². The van der Waals surface area contributed by atoms with Crippen molar-refractivity contribution in [3.8, 4) is 0 Å². The lowest BCUT2D eigenvalue weighted by Crippen LogP contribution is -2.12. The number of pyridine rings is 1. The number of thiophene rings is 2. The maximum Gasteiger partial charge on any atom is 0.173 e. The molecule has 0 radical (unpaired) electrons. The highest BCUT2D eigenvalue weighted by Gasteiger charge is 2.22. The Bertz CT molecular complexity index is 716. The smallest absolute Gasteiger partial charge is 0.173 e. The summed E-state index contributed by atoms with van der Waals surface area (Å²) in [5.41, 5.74) is 0.794. The Morgan fingerprint density at radius 3 is 1.91 bits per heavy atom. The Morgan fingerprint density at radius 2 is 1.48 bits per heavy atom. The quantitative estimate of drug-likeness (QED) is 0.578. The molecular weight excluding hydrogens is 326 g/mol. The van der Waals surface area contributed by atoms with Crippen LogP contribution in [0.15, 0.2) is 59.4 Å². The van der Waals surface area contributed by atoms with Crippen LogP contribution in [0.25, 0.3) is 0 Å². The van der Waals surface area contributed by atoms with Crippen molar-refractivity contribution < 1.29 is 9.59 Å². The minimum atomic E-state index is -0.194. The van der Waals surface area contributed by atoms with Crippen LogP contribution in [-0.2, 0) is 0 Å². The van der Waals surface area contributed by atoms with Crippen LogP contribution in [0.5, 0.6) is 0 Å². The molecule has 3 heterocycles. The van der Waals surface area contributed by atoms with Crippen LogP contribution in [0.3, 0.4) is 0 Å². The van der Waals surface area contributed by atoms with Gasteiger partial charge in [0, 0.05) is 30.7 Å². The van der Waals surface area contributed by atoms with Gasteiger partial charge in [-0.1, -0.05) is 18.2 Å². The normalized spacial score (nSPS) is 10.8. The molecule has 0 amide bonds. The lowest BCUT2D eigenvalue weighted by Gasteiger charge is -2.14. The van der Waals surface area contributed by atoms with E-state index in [9.17, 15) is 9.59 Å². The maximum absolute atomic E-state index is 12.4. The topological polar surface area (TPSA) is 47.0 Å². The first-order valence-electron chi connectivity index (χ1n) is 7.28. The first kappa shape index (κ1) is 15.8. The molecule has 0 aliphatic carbocycles. The van der Waals surface area contributed by atoms with Crippen LogP contribution in [0, 0.1) is 0 Å². The number of nitrogens with zero attached hydrogens (tertiary/aromatic N) is 1. The first-order valence-corrected chi connectivity index (χ1v) is 9.04. The van der Waals surface area contributed by atoms with Crippen molar-refractivity contribution in [1.82, 2.24) is 4.98 Å². The summed E-state index contributed by atoms with van der Waals surface area (Å²) < 4.78 is 0. The molecule has 116 valence electrons. The predicted molar refractivity (Wildman–Crippen MR) is 93.5 cm³/mol. The molecule has 23 heavy (non-hydrogen) atoms. The summed E-state index contributed by atoms with van der Waals surface area (Å²) in [6.07, 6.45) is 2.30. The summed E-state index contributed by atoms with van der Waals surface area (Å²) in [4.78, 5) is 30.7. The van der Waals surface area contributed by atoms with Gasteiger partial charge < -0.3 is 0 Å². The van der Waals surface area contributed by atoms with E-state index in [2.05, 4.69) is 4.98 Å². The highest BCUT2D eigenvalue weighted by atomic mass is 32.1. The number of aromatic nitrogens is 1. The number of rotatable bonds is 7. The fourth-order valence-electron chi connectivity index (χ4n) is 2.42. The van der Waals surface area contributed by atoms with E-state index in [0.29, 0.717) is 12.8 Å². The molecule has 0 fully saturated rings. The molecule has 0 atom stereocenters. The minimum Gasteiger partial charge on any atom is -0.293 e. The highest BCUT2D eigenvalue weighted by Crippen LogP contribution is 2.27. The summed E-state index contributed by atoms with van der Waals surface area (Å²) in [6, 6.07) is 13.0. The van der Waals surface area contributed by atoms with Crippen molar-refractivity contribution in [2.75, 3.05) is 0 Å². The number of Topliss-reactive ketones (excluding diaryl/α,β-unsaturated/α-hetero) is 2. The summed E-state index contributed by atoms with van der Waals surface area (Å²) >= 11 is 2.86. The second kappa shape index (κ2) is 7.44. The van der Waals surface area contributed by atoms with Gasteiger partial charge in [0.25, 0.3) is 0 Å². The van der Waals surface area contributed by atoms with E-state index in [4.69, 9.17) is 0 Å². The Hall–Kier alpha value is -2.11. The molecule has 3 aromatic heterocycles. The average molecular weight is 341 g/mol. The Balaban J connectivity index is 1.79. The fourth-order valence-corrected chi connectivity index (χ4v) is 3.77. The third kappa shape index (κ3) is 4.00. The van der Waals surface area contributed by atoms with E-state index in [0.717, 1.165) is 15.4 Å². The van der Waals surface area contributed by atoms with E-state index in [1.807, 2.05) is 53.2 Å². The van der Waals surface area contributed by atoms with Crippen LogP contribution in [0.2, 0.25) is 0 Å². The molecule has 0 spiro atoms. The van der Waals surface area contributed by atoms with Gasteiger partial charge in [-0.05, 0) is 35.0 Å². The molecule has 0 bridgehead atoms. The fraction of sp³-hybridized carbons (Fsp3) is 0.167. The van der Waals surface area contributed by atoms with E-state index in [1.165, 1.54) is 22.7 Å². The molecule has 0 saturated carbocycles. The highest BCUT2D eigenvalue weighted by molar-refractivity contribution is 7.12. The van der Waals surface area contributed by atoms with Gasteiger partial charge in [0.15, 0.2) is 11.6 Å². The van der Waals surface area contributed by atoms with E-state index >= 15 is 0 Å². The number of ketones is 2. The lowest BCUT2D eigenvalue weighted by atomic mass is 9.92. The maximum atomic E-state index is 12.4. The first-order chi connectivity index (χ1) is 11.2. The zero-order valence-electron chi connectivity index (χ0n) is 12.3. The molecule has 0 N–H and O–H groups in total. The van der Waals surface area contributed by atoms with Crippen molar-refractivity contribution in [2.45, 2.75) is 18.8 Å². The molecule has 0 saturated heterocycles. The molecule has 3 nitrogen and oxygen atoms in total. The van der Waals surface area contributed by atoms with Gasteiger partial charge in [0.05, 0.1) is 9.75 Å². The van der Waals surface area contributed by atoms with Crippen molar-refractivity contribution in [2.24, 2.45) is 0 Å². The zero-order chi connectivity index (χ0) is 16.1. The second-order valence-electron chi connectivity index (χ2n) is 5.16. The van der Waals surface area contributed by atoms with Crippen molar-refractivity contribution in [3.63, 3.8) is 0 Å². The zero-order valence-corrected chi connectivity index (χ0v) is 14.0. The summed E-state index contributed by atoms with van der Waals surface area (Å²) in [7, 11) is 0. The number of hydrogen-bond donors (Lipinski definition) is 0. The Labute approximate surface area is 142 Å². The van der Waals surface area contributed by atoms with E-state index in [1.54, 1.807) is 6.20 Å². The summed E-state index contributed by atoms with van der Waals surface area (Å²) in [6.45, 7) is 0. The van der Waals surface area contributed by atoms with Crippen LogP contribution in [0.4, 0.5) is 0 Å². The number of carbonyl (C=O) groups excluding carboxylic acids is 2. The van der Waals surface area contributed by atoms with E-state index < -0.39 is 0 Å². The summed E-state index contributed by atoms with van der Waals surface area (Å²) in [5, 5.41) is 3.78. The molecule has 3 aromatic rings. The van der Waals surface area contributed by atoms with Gasteiger partial charge in [-0.2, -0.15) is 0 Å². The number of carbonyl (C=O) groups is 2.